The van der Waals surface area contributed by atoms with Crippen molar-refractivity contribution >= 4 is 35.0 Å². The molecule has 0 saturated heterocycles. The van der Waals surface area contributed by atoms with Gasteiger partial charge in [-0.25, -0.2) is 4.99 Å². The maximum Gasteiger partial charge on any atom is 0.0710 e. The number of hydrogen-bond donors (Lipinski definition) is 1. The molecular weight excluding hydrogens is 286 g/mol. The van der Waals surface area contributed by atoms with E-state index in [1.54, 1.807) is 0 Å². The summed E-state index contributed by atoms with van der Waals surface area (Å²) in [6.07, 6.45) is 6.39. The van der Waals surface area contributed by atoms with Crippen molar-refractivity contribution in [2.24, 2.45) is 22.7 Å². The molecule has 0 atom stereocenters. The third kappa shape index (κ3) is 4.82. The maximum atomic E-state index is 5.88. The van der Waals surface area contributed by atoms with E-state index < -0.39 is 0 Å². The van der Waals surface area contributed by atoms with Crippen molar-refractivity contribution < 1.29 is 0 Å². The van der Waals surface area contributed by atoms with E-state index >= 15 is 0 Å². The average Bonchev–Trinajstić information content (AvgIpc) is 2.42. The Hall–Kier alpha value is -0.470. The van der Waals surface area contributed by atoms with Gasteiger partial charge in [0.05, 0.1) is 10.7 Å². The lowest BCUT2D eigenvalue weighted by atomic mass is 9.76. The highest BCUT2D eigenvalue weighted by Gasteiger charge is 2.23. The minimum Gasteiger partial charge on any atom is -0.247 e. The second-order valence-electron chi connectivity index (χ2n) is 6.23. The third-order valence-electron chi connectivity index (χ3n) is 4.39. The van der Waals surface area contributed by atoms with Gasteiger partial charge in [-0.2, -0.15) is 0 Å². The number of thiol groups is 1. The molecule has 1 aromatic carbocycles. The molecule has 110 valence electrons. The molecule has 3 heteroatoms. The SMILES string of the molecule is CC(C)[C@H]1CC[C@@H](CC(S)=Nc2ccc(Cl)cc2)CC1. The monoisotopic (exact) mass is 309 g/mol. The standard InChI is InChI=1S/C17H24ClNS/c1-12(2)14-5-3-13(4-6-14)11-17(20)19-16-9-7-15(18)8-10-16/h7-10,12-14H,3-6,11H2,1-2H3,(H,19,20)/t13-,14+. The fraction of sp³-hybridized carbons (Fsp3) is 0.588. The molecule has 0 radical (unpaired) electrons. The molecule has 20 heavy (non-hydrogen) atoms. The van der Waals surface area contributed by atoms with Crippen molar-refractivity contribution in [3.05, 3.63) is 29.3 Å². The van der Waals surface area contributed by atoms with Crippen molar-refractivity contribution in [1.82, 2.24) is 0 Å². The Kier molecular flexibility index (Phi) is 5.98. The molecule has 1 fully saturated rings. The van der Waals surface area contributed by atoms with Gasteiger partial charge in [0, 0.05) is 5.02 Å². The molecule has 0 aliphatic heterocycles. The minimum atomic E-state index is 0.747. The van der Waals surface area contributed by atoms with Gasteiger partial charge >= 0.3 is 0 Å². The first-order valence-corrected chi connectivity index (χ1v) is 8.39. The van der Waals surface area contributed by atoms with Gasteiger partial charge in [-0.05, 0) is 74.1 Å². The van der Waals surface area contributed by atoms with Crippen molar-refractivity contribution in [1.29, 1.82) is 0 Å². The smallest absolute Gasteiger partial charge is 0.0710 e. The predicted molar refractivity (Wildman–Crippen MR) is 92.4 cm³/mol. The van der Waals surface area contributed by atoms with Crippen LogP contribution in [0.5, 0.6) is 0 Å². The summed E-state index contributed by atoms with van der Waals surface area (Å²) < 4.78 is 0. The molecule has 2 rings (SSSR count). The molecule has 0 N–H and O–H groups in total. The van der Waals surface area contributed by atoms with Crippen LogP contribution in [-0.2, 0) is 0 Å². The maximum absolute atomic E-state index is 5.88. The summed E-state index contributed by atoms with van der Waals surface area (Å²) >= 11 is 10.4. The van der Waals surface area contributed by atoms with E-state index in [0.29, 0.717) is 0 Å². The number of nitrogens with zero attached hydrogens (tertiary/aromatic N) is 1. The quantitative estimate of drug-likeness (QED) is 0.389. The fourth-order valence-electron chi connectivity index (χ4n) is 3.03. The van der Waals surface area contributed by atoms with Gasteiger partial charge in [0.15, 0.2) is 0 Å². The van der Waals surface area contributed by atoms with Crippen LogP contribution in [-0.4, -0.2) is 5.04 Å². The first-order valence-electron chi connectivity index (χ1n) is 7.56. The fourth-order valence-corrected chi connectivity index (χ4v) is 3.53. The molecule has 0 spiro atoms. The summed E-state index contributed by atoms with van der Waals surface area (Å²) in [4.78, 5) is 4.57. The van der Waals surface area contributed by atoms with Crippen LogP contribution in [0.4, 0.5) is 5.69 Å². The Morgan fingerprint density at radius 2 is 1.80 bits per heavy atom. The van der Waals surface area contributed by atoms with Crippen LogP contribution in [0.2, 0.25) is 5.02 Å². The number of hydrogen-bond acceptors (Lipinski definition) is 1. The Balaban J connectivity index is 1.86. The van der Waals surface area contributed by atoms with Gasteiger partial charge in [0.1, 0.15) is 0 Å². The van der Waals surface area contributed by atoms with Gasteiger partial charge in [-0.15, -0.1) is 12.6 Å². The van der Waals surface area contributed by atoms with Gasteiger partial charge < -0.3 is 0 Å². The summed E-state index contributed by atoms with van der Waals surface area (Å²) in [5.74, 6) is 2.51. The van der Waals surface area contributed by atoms with Gasteiger partial charge in [-0.3, -0.25) is 0 Å². The highest BCUT2D eigenvalue weighted by Crippen LogP contribution is 2.35. The number of benzene rings is 1. The summed E-state index contributed by atoms with van der Waals surface area (Å²) in [6.45, 7) is 4.69. The number of halogens is 1. The van der Waals surface area contributed by atoms with E-state index in [-0.39, 0.29) is 0 Å². The van der Waals surface area contributed by atoms with E-state index in [9.17, 15) is 0 Å². The highest BCUT2D eigenvalue weighted by molar-refractivity contribution is 7.97. The van der Waals surface area contributed by atoms with Crippen LogP contribution in [0.3, 0.4) is 0 Å². The van der Waals surface area contributed by atoms with Crippen LogP contribution in [0, 0.1) is 17.8 Å². The molecule has 1 aromatic rings. The highest BCUT2D eigenvalue weighted by atomic mass is 35.5. The molecule has 0 amide bonds. The van der Waals surface area contributed by atoms with Crippen molar-refractivity contribution in [3.8, 4) is 0 Å². The third-order valence-corrected chi connectivity index (χ3v) is 4.92. The summed E-state index contributed by atoms with van der Waals surface area (Å²) in [6, 6.07) is 7.62. The molecule has 0 aromatic heterocycles. The van der Waals surface area contributed by atoms with E-state index in [2.05, 4.69) is 31.5 Å². The van der Waals surface area contributed by atoms with Crippen molar-refractivity contribution in [2.75, 3.05) is 0 Å². The van der Waals surface area contributed by atoms with Gasteiger partial charge in [-0.1, -0.05) is 25.4 Å². The second-order valence-corrected chi connectivity index (χ2v) is 7.19. The molecule has 0 bridgehead atoms. The molecule has 1 aliphatic rings. The van der Waals surface area contributed by atoms with E-state index in [1.807, 2.05) is 24.3 Å². The summed E-state index contributed by atoms with van der Waals surface area (Å²) in [7, 11) is 0. The van der Waals surface area contributed by atoms with Crippen molar-refractivity contribution in [2.45, 2.75) is 46.0 Å². The lowest BCUT2D eigenvalue weighted by Gasteiger charge is -2.30. The van der Waals surface area contributed by atoms with Crippen LogP contribution in [0.25, 0.3) is 0 Å². The van der Waals surface area contributed by atoms with Gasteiger partial charge in [0.2, 0.25) is 0 Å². The second kappa shape index (κ2) is 7.51. The van der Waals surface area contributed by atoms with E-state index in [0.717, 1.165) is 39.9 Å². The zero-order valence-corrected chi connectivity index (χ0v) is 14.0. The largest absolute Gasteiger partial charge is 0.247 e. The molecule has 1 aliphatic carbocycles. The van der Waals surface area contributed by atoms with E-state index in [1.165, 1.54) is 25.7 Å². The summed E-state index contributed by atoms with van der Waals surface area (Å²) in [5.41, 5.74) is 0.940. The molecular formula is C17H24ClNS. The van der Waals surface area contributed by atoms with E-state index in [4.69, 9.17) is 11.6 Å². The zero-order valence-electron chi connectivity index (χ0n) is 12.3. The molecule has 0 heterocycles. The van der Waals surface area contributed by atoms with Crippen LogP contribution in [0.1, 0.15) is 46.0 Å². The molecule has 0 unspecified atom stereocenters. The van der Waals surface area contributed by atoms with Crippen LogP contribution in [0.15, 0.2) is 29.3 Å². The minimum absolute atomic E-state index is 0.747. The first-order chi connectivity index (χ1) is 9.54. The lowest BCUT2D eigenvalue weighted by Crippen LogP contribution is -2.19. The Labute approximate surface area is 133 Å². The number of rotatable bonds is 4. The zero-order chi connectivity index (χ0) is 14.5. The van der Waals surface area contributed by atoms with Crippen LogP contribution < -0.4 is 0 Å². The Bertz CT molecular complexity index is 445. The van der Waals surface area contributed by atoms with Crippen LogP contribution >= 0.6 is 24.2 Å². The molecule has 1 saturated carbocycles. The summed E-state index contributed by atoms with van der Waals surface area (Å²) in [5, 5.41) is 1.69. The van der Waals surface area contributed by atoms with Crippen molar-refractivity contribution in [3.63, 3.8) is 0 Å². The predicted octanol–water partition coefficient (Wildman–Crippen LogP) is 6.15. The Morgan fingerprint density at radius 1 is 1.20 bits per heavy atom. The normalized spacial score (nSPS) is 24.1. The lowest BCUT2D eigenvalue weighted by molar-refractivity contribution is 0.228. The van der Waals surface area contributed by atoms with Gasteiger partial charge in [0.25, 0.3) is 0 Å². The first kappa shape index (κ1) is 15.9. The average molecular weight is 310 g/mol. The number of aliphatic imine (C=N–C) groups is 1. The molecule has 1 nitrogen and oxygen atoms in total. The Morgan fingerprint density at radius 3 is 2.35 bits per heavy atom. The topological polar surface area (TPSA) is 12.4 Å².